The molecule has 0 nitrogen and oxygen atoms in total. The number of rotatable bonds is 0. The van der Waals surface area contributed by atoms with Gasteiger partial charge in [0.2, 0.25) is 0 Å². The summed E-state index contributed by atoms with van der Waals surface area (Å²) in [5, 5.41) is 3.12. The summed E-state index contributed by atoms with van der Waals surface area (Å²) < 4.78 is 0. The van der Waals surface area contributed by atoms with Crippen molar-refractivity contribution in [2.24, 2.45) is 0 Å². The van der Waals surface area contributed by atoms with E-state index < -0.39 is 0 Å². The summed E-state index contributed by atoms with van der Waals surface area (Å²) in [5.74, 6) is 0. The van der Waals surface area contributed by atoms with Crippen molar-refractivity contribution in [1.29, 1.82) is 0 Å². The molecule has 1 aliphatic rings. The molecule has 14 heavy (non-hydrogen) atoms. The predicted octanol–water partition coefficient (Wildman–Crippen LogP) is 4.83. The van der Waals surface area contributed by atoms with Crippen LogP contribution in [0.2, 0.25) is 10.6 Å². The molecule has 0 aliphatic carbocycles. The SMILES string of the molecule is C1CCCCCC[Se]CCCCCC1. The summed E-state index contributed by atoms with van der Waals surface area (Å²) >= 11 is 0.990. The molecule has 0 bridgehead atoms. The topological polar surface area (TPSA) is 0 Å². The standard InChI is InChI=1S/C13H26Se/c1-2-4-6-8-10-12-14-13-11-9-7-5-3-1/h1-13H2. The van der Waals surface area contributed by atoms with Crippen LogP contribution in [0.5, 0.6) is 0 Å². The van der Waals surface area contributed by atoms with Crippen LogP contribution in [0, 0.1) is 0 Å². The fourth-order valence-electron chi connectivity index (χ4n) is 2.10. The van der Waals surface area contributed by atoms with Crippen LogP contribution in [0.25, 0.3) is 0 Å². The van der Waals surface area contributed by atoms with E-state index in [2.05, 4.69) is 0 Å². The third-order valence-electron chi connectivity index (χ3n) is 3.08. The first-order valence-corrected chi connectivity index (χ1v) is 9.00. The van der Waals surface area contributed by atoms with Crippen molar-refractivity contribution in [2.75, 3.05) is 0 Å². The van der Waals surface area contributed by atoms with Crippen LogP contribution in [0.3, 0.4) is 0 Å². The zero-order valence-electron chi connectivity index (χ0n) is 9.60. The van der Waals surface area contributed by atoms with Gasteiger partial charge in [-0.25, -0.2) is 0 Å². The Hall–Kier alpha value is 0.519. The molecule has 0 aromatic heterocycles. The van der Waals surface area contributed by atoms with Crippen LogP contribution in [0.4, 0.5) is 0 Å². The molecule has 0 unspecified atom stereocenters. The maximum absolute atomic E-state index is 1.56. The van der Waals surface area contributed by atoms with E-state index in [4.69, 9.17) is 0 Å². The van der Waals surface area contributed by atoms with Crippen LogP contribution < -0.4 is 0 Å². The Morgan fingerprint density at radius 1 is 0.357 bits per heavy atom. The van der Waals surface area contributed by atoms with E-state index in [1.165, 1.54) is 70.6 Å². The summed E-state index contributed by atoms with van der Waals surface area (Å²) in [6.45, 7) is 0. The van der Waals surface area contributed by atoms with E-state index in [1.807, 2.05) is 0 Å². The van der Waals surface area contributed by atoms with E-state index in [-0.39, 0.29) is 0 Å². The molecule has 1 rings (SSSR count). The van der Waals surface area contributed by atoms with Crippen molar-refractivity contribution < 1.29 is 0 Å². The average Bonchev–Trinajstić information content (AvgIpc) is 2.22. The number of hydrogen-bond acceptors (Lipinski definition) is 0. The quantitative estimate of drug-likeness (QED) is 0.548. The summed E-state index contributed by atoms with van der Waals surface area (Å²) in [5.41, 5.74) is 0. The second kappa shape index (κ2) is 10.1. The van der Waals surface area contributed by atoms with Gasteiger partial charge in [-0.1, -0.05) is 0 Å². The van der Waals surface area contributed by atoms with Crippen molar-refractivity contribution in [2.45, 2.75) is 81.3 Å². The molecule has 0 amide bonds. The van der Waals surface area contributed by atoms with Gasteiger partial charge in [0.15, 0.2) is 0 Å². The Bertz CT molecular complexity index is 58.5. The maximum atomic E-state index is 1.56. The van der Waals surface area contributed by atoms with Crippen molar-refractivity contribution >= 4 is 15.0 Å². The van der Waals surface area contributed by atoms with Gasteiger partial charge in [-0.2, -0.15) is 0 Å². The van der Waals surface area contributed by atoms with Crippen LogP contribution in [0.1, 0.15) is 70.6 Å². The Balaban J connectivity index is 2.00. The van der Waals surface area contributed by atoms with Gasteiger partial charge in [0, 0.05) is 0 Å². The molecule has 84 valence electrons. The molecule has 1 aliphatic heterocycles. The van der Waals surface area contributed by atoms with Gasteiger partial charge in [-0.05, 0) is 0 Å². The molecule has 1 heterocycles. The predicted molar refractivity (Wildman–Crippen MR) is 66.2 cm³/mol. The van der Waals surface area contributed by atoms with Gasteiger partial charge in [0.05, 0.1) is 0 Å². The van der Waals surface area contributed by atoms with Gasteiger partial charge in [-0.15, -0.1) is 0 Å². The monoisotopic (exact) mass is 262 g/mol. The first-order valence-electron chi connectivity index (χ1n) is 6.58. The molecule has 0 saturated carbocycles. The van der Waals surface area contributed by atoms with Crippen LogP contribution >= 0.6 is 0 Å². The zero-order chi connectivity index (χ0) is 9.90. The van der Waals surface area contributed by atoms with Crippen LogP contribution in [-0.2, 0) is 0 Å². The molecule has 0 spiro atoms. The minimum atomic E-state index is 0.990. The summed E-state index contributed by atoms with van der Waals surface area (Å²) in [7, 11) is 0. The number of hydrogen-bond donors (Lipinski definition) is 0. The Labute approximate surface area is 96.4 Å². The molecular weight excluding hydrogens is 235 g/mol. The first kappa shape index (κ1) is 12.6. The van der Waals surface area contributed by atoms with Gasteiger partial charge in [0.1, 0.15) is 0 Å². The molecular formula is C13H26Se. The Kier molecular flexibility index (Phi) is 9.04. The van der Waals surface area contributed by atoms with Crippen molar-refractivity contribution in [3.05, 3.63) is 0 Å². The Morgan fingerprint density at radius 3 is 1.00 bits per heavy atom. The van der Waals surface area contributed by atoms with Gasteiger partial charge in [-0.3, -0.25) is 0 Å². The summed E-state index contributed by atoms with van der Waals surface area (Å²) in [6, 6.07) is 0. The second-order valence-corrected chi connectivity index (χ2v) is 7.07. The fraction of sp³-hybridized carbons (Fsp3) is 1.00. The Morgan fingerprint density at radius 2 is 0.643 bits per heavy atom. The van der Waals surface area contributed by atoms with E-state index in [9.17, 15) is 0 Å². The van der Waals surface area contributed by atoms with E-state index in [0.717, 1.165) is 15.0 Å². The van der Waals surface area contributed by atoms with Gasteiger partial charge < -0.3 is 0 Å². The van der Waals surface area contributed by atoms with E-state index >= 15 is 0 Å². The minimum absolute atomic E-state index is 0.990. The average molecular weight is 261 g/mol. The van der Waals surface area contributed by atoms with E-state index in [1.54, 1.807) is 10.6 Å². The first-order chi connectivity index (χ1) is 7.00. The molecule has 0 N–H and O–H groups in total. The fourth-order valence-corrected chi connectivity index (χ4v) is 4.24. The van der Waals surface area contributed by atoms with E-state index in [0.29, 0.717) is 0 Å². The van der Waals surface area contributed by atoms with Crippen molar-refractivity contribution in [3.63, 3.8) is 0 Å². The molecule has 1 saturated heterocycles. The van der Waals surface area contributed by atoms with Crippen molar-refractivity contribution in [1.82, 2.24) is 0 Å². The second-order valence-electron chi connectivity index (χ2n) is 4.50. The third-order valence-corrected chi connectivity index (χ3v) is 5.50. The molecule has 1 fully saturated rings. The third kappa shape index (κ3) is 7.88. The molecule has 0 aromatic rings. The normalized spacial score (nSPS) is 24.0. The molecule has 1 heteroatoms. The zero-order valence-corrected chi connectivity index (χ0v) is 11.3. The van der Waals surface area contributed by atoms with Gasteiger partial charge >= 0.3 is 96.2 Å². The molecule has 0 radical (unpaired) electrons. The molecule has 0 atom stereocenters. The summed E-state index contributed by atoms with van der Waals surface area (Å²) in [4.78, 5) is 0. The molecule has 0 aromatic carbocycles. The summed E-state index contributed by atoms with van der Waals surface area (Å²) in [6.07, 6.45) is 16.6. The van der Waals surface area contributed by atoms with Crippen LogP contribution in [-0.4, -0.2) is 15.0 Å². The van der Waals surface area contributed by atoms with Crippen molar-refractivity contribution in [3.8, 4) is 0 Å². The van der Waals surface area contributed by atoms with Crippen LogP contribution in [0.15, 0.2) is 0 Å². The van der Waals surface area contributed by atoms with Gasteiger partial charge in [0.25, 0.3) is 0 Å².